The topological polar surface area (TPSA) is 47.1 Å². The fourth-order valence-electron chi connectivity index (χ4n) is 2.14. The summed E-state index contributed by atoms with van der Waals surface area (Å²) in [4.78, 5) is 6.84. The van der Waals surface area contributed by atoms with Gasteiger partial charge in [-0.05, 0) is 45.6 Å². The minimum Gasteiger partial charge on any atom is -0.325 e. The highest BCUT2D eigenvalue weighted by atomic mass is 15.1. The highest BCUT2D eigenvalue weighted by Crippen LogP contribution is 2.20. The van der Waals surface area contributed by atoms with Crippen LogP contribution in [0.1, 0.15) is 24.4 Å². The lowest BCUT2D eigenvalue weighted by Gasteiger charge is -2.14. The SMILES string of the molecule is Cc1ccc2c(c1)nc(C(C)N)n2CCN(C)C. The van der Waals surface area contributed by atoms with E-state index in [1.165, 1.54) is 11.1 Å². The monoisotopic (exact) mass is 246 g/mol. The molecular formula is C14H22N4. The molecule has 2 N–H and O–H groups in total. The molecule has 0 saturated carbocycles. The molecule has 0 aliphatic rings. The van der Waals surface area contributed by atoms with Gasteiger partial charge in [-0.15, -0.1) is 0 Å². The van der Waals surface area contributed by atoms with Crippen molar-refractivity contribution >= 4 is 11.0 Å². The van der Waals surface area contributed by atoms with Crippen LogP contribution in [0.2, 0.25) is 0 Å². The summed E-state index contributed by atoms with van der Waals surface area (Å²) in [7, 11) is 4.16. The van der Waals surface area contributed by atoms with E-state index < -0.39 is 0 Å². The summed E-state index contributed by atoms with van der Waals surface area (Å²) < 4.78 is 2.24. The van der Waals surface area contributed by atoms with Crippen LogP contribution in [-0.2, 0) is 6.54 Å². The molecule has 1 heterocycles. The molecule has 0 saturated heterocycles. The van der Waals surface area contributed by atoms with Crippen molar-refractivity contribution in [1.29, 1.82) is 0 Å². The number of likely N-dealkylation sites (N-methyl/N-ethyl adjacent to an activating group) is 1. The van der Waals surface area contributed by atoms with Gasteiger partial charge in [-0.2, -0.15) is 0 Å². The van der Waals surface area contributed by atoms with Crippen LogP contribution in [0, 0.1) is 6.92 Å². The summed E-state index contributed by atoms with van der Waals surface area (Å²) in [6, 6.07) is 6.34. The Balaban J connectivity index is 2.48. The van der Waals surface area contributed by atoms with Crippen LogP contribution in [0.3, 0.4) is 0 Å². The number of nitrogens with two attached hydrogens (primary N) is 1. The van der Waals surface area contributed by atoms with E-state index in [0.29, 0.717) is 0 Å². The van der Waals surface area contributed by atoms with Crippen LogP contribution in [0.15, 0.2) is 18.2 Å². The molecular weight excluding hydrogens is 224 g/mol. The lowest BCUT2D eigenvalue weighted by molar-refractivity contribution is 0.381. The number of imidazole rings is 1. The molecule has 0 amide bonds. The first kappa shape index (κ1) is 13.1. The van der Waals surface area contributed by atoms with Gasteiger partial charge in [0.25, 0.3) is 0 Å². The number of hydrogen-bond acceptors (Lipinski definition) is 3. The maximum absolute atomic E-state index is 6.03. The second-order valence-electron chi connectivity index (χ2n) is 5.21. The lowest BCUT2D eigenvalue weighted by atomic mass is 10.2. The number of rotatable bonds is 4. The van der Waals surface area contributed by atoms with Crippen LogP contribution in [-0.4, -0.2) is 35.1 Å². The maximum atomic E-state index is 6.03. The molecule has 0 bridgehead atoms. The molecule has 1 aromatic heterocycles. The van der Waals surface area contributed by atoms with Gasteiger partial charge in [-0.25, -0.2) is 4.98 Å². The van der Waals surface area contributed by atoms with Crippen molar-refractivity contribution in [3.8, 4) is 0 Å². The molecule has 1 unspecified atom stereocenters. The van der Waals surface area contributed by atoms with E-state index >= 15 is 0 Å². The van der Waals surface area contributed by atoms with Crippen LogP contribution < -0.4 is 5.73 Å². The molecule has 4 nitrogen and oxygen atoms in total. The van der Waals surface area contributed by atoms with Crippen molar-refractivity contribution < 1.29 is 0 Å². The number of aryl methyl sites for hydroxylation is 1. The van der Waals surface area contributed by atoms with Crippen LogP contribution in [0.4, 0.5) is 0 Å². The van der Waals surface area contributed by atoms with Gasteiger partial charge in [-0.1, -0.05) is 6.07 Å². The lowest BCUT2D eigenvalue weighted by Crippen LogP contribution is -2.21. The minimum atomic E-state index is -0.0418. The molecule has 0 aliphatic carbocycles. The third-order valence-electron chi connectivity index (χ3n) is 3.11. The number of fused-ring (bicyclic) bond motifs is 1. The quantitative estimate of drug-likeness (QED) is 0.896. The van der Waals surface area contributed by atoms with Crippen molar-refractivity contribution in [3.05, 3.63) is 29.6 Å². The average molecular weight is 246 g/mol. The van der Waals surface area contributed by atoms with Crippen molar-refractivity contribution in [3.63, 3.8) is 0 Å². The molecule has 0 aliphatic heterocycles. The van der Waals surface area contributed by atoms with E-state index in [9.17, 15) is 0 Å². The number of aromatic nitrogens is 2. The van der Waals surface area contributed by atoms with E-state index in [0.717, 1.165) is 24.4 Å². The number of nitrogens with zero attached hydrogens (tertiary/aromatic N) is 3. The Morgan fingerprint density at radius 1 is 1.39 bits per heavy atom. The first-order valence-corrected chi connectivity index (χ1v) is 6.36. The van der Waals surface area contributed by atoms with Gasteiger partial charge in [0.1, 0.15) is 5.82 Å². The van der Waals surface area contributed by atoms with Crippen molar-refractivity contribution in [2.45, 2.75) is 26.4 Å². The van der Waals surface area contributed by atoms with Gasteiger partial charge in [0, 0.05) is 13.1 Å². The predicted octanol–water partition coefficient (Wildman–Crippen LogP) is 1.93. The fraction of sp³-hybridized carbons (Fsp3) is 0.500. The van der Waals surface area contributed by atoms with E-state index in [4.69, 9.17) is 5.73 Å². The highest BCUT2D eigenvalue weighted by molar-refractivity contribution is 5.77. The molecule has 0 fully saturated rings. The summed E-state index contributed by atoms with van der Waals surface area (Å²) in [5, 5.41) is 0. The smallest absolute Gasteiger partial charge is 0.126 e. The van der Waals surface area contributed by atoms with Crippen LogP contribution >= 0.6 is 0 Å². The average Bonchev–Trinajstić information content (AvgIpc) is 2.64. The van der Waals surface area contributed by atoms with Crippen molar-refractivity contribution in [2.24, 2.45) is 5.73 Å². The number of benzene rings is 1. The normalized spacial score (nSPS) is 13.4. The summed E-state index contributed by atoms with van der Waals surface area (Å²) in [5.74, 6) is 0.970. The Labute approximate surface area is 108 Å². The third kappa shape index (κ3) is 2.54. The maximum Gasteiger partial charge on any atom is 0.126 e. The third-order valence-corrected chi connectivity index (χ3v) is 3.11. The largest absolute Gasteiger partial charge is 0.325 e. The van der Waals surface area contributed by atoms with Gasteiger partial charge in [0.05, 0.1) is 17.1 Å². The predicted molar refractivity (Wildman–Crippen MR) is 75.6 cm³/mol. The highest BCUT2D eigenvalue weighted by Gasteiger charge is 2.13. The van der Waals surface area contributed by atoms with Gasteiger partial charge >= 0.3 is 0 Å². The van der Waals surface area contributed by atoms with E-state index in [1.54, 1.807) is 0 Å². The zero-order valence-electron chi connectivity index (χ0n) is 11.6. The summed E-state index contributed by atoms with van der Waals surface area (Å²) >= 11 is 0. The van der Waals surface area contributed by atoms with E-state index in [1.807, 2.05) is 6.92 Å². The Kier molecular flexibility index (Phi) is 3.68. The van der Waals surface area contributed by atoms with Gasteiger partial charge in [-0.3, -0.25) is 0 Å². The molecule has 0 radical (unpaired) electrons. The molecule has 0 spiro atoms. The summed E-state index contributed by atoms with van der Waals surface area (Å²) in [6.07, 6.45) is 0. The second-order valence-corrected chi connectivity index (χ2v) is 5.21. The van der Waals surface area contributed by atoms with Gasteiger partial charge < -0.3 is 15.2 Å². The Morgan fingerprint density at radius 2 is 2.11 bits per heavy atom. The first-order chi connectivity index (χ1) is 8.49. The zero-order chi connectivity index (χ0) is 13.3. The molecule has 2 aromatic rings. The molecule has 98 valence electrons. The molecule has 1 aromatic carbocycles. The van der Waals surface area contributed by atoms with Crippen LogP contribution in [0.25, 0.3) is 11.0 Å². The molecule has 2 rings (SSSR count). The van der Waals surface area contributed by atoms with Gasteiger partial charge in [0.15, 0.2) is 0 Å². The number of hydrogen-bond donors (Lipinski definition) is 1. The molecule has 18 heavy (non-hydrogen) atoms. The van der Waals surface area contributed by atoms with Crippen LogP contribution in [0.5, 0.6) is 0 Å². The summed E-state index contributed by atoms with van der Waals surface area (Å²) in [6.45, 7) is 5.98. The van der Waals surface area contributed by atoms with E-state index in [-0.39, 0.29) is 6.04 Å². The summed E-state index contributed by atoms with van der Waals surface area (Å²) in [5.41, 5.74) is 9.48. The molecule has 1 atom stereocenters. The van der Waals surface area contributed by atoms with Gasteiger partial charge in [0.2, 0.25) is 0 Å². The fourth-order valence-corrected chi connectivity index (χ4v) is 2.14. The Bertz CT molecular complexity index is 540. The first-order valence-electron chi connectivity index (χ1n) is 6.36. The zero-order valence-corrected chi connectivity index (χ0v) is 11.6. The molecule has 4 heteroatoms. The second kappa shape index (κ2) is 5.08. The van der Waals surface area contributed by atoms with Crippen molar-refractivity contribution in [1.82, 2.24) is 14.5 Å². The van der Waals surface area contributed by atoms with E-state index in [2.05, 4.69) is 53.7 Å². The Morgan fingerprint density at radius 3 is 2.72 bits per heavy atom. The minimum absolute atomic E-state index is 0.0418. The Hall–Kier alpha value is -1.39. The van der Waals surface area contributed by atoms with Crippen molar-refractivity contribution in [2.75, 3.05) is 20.6 Å². The standard InChI is InChI=1S/C14H22N4/c1-10-5-6-13-12(9-10)16-14(11(2)15)18(13)8-7-17(3)4/h5-6,9,11H,7-8,15H2,1-4H3.